The average molecular weight is 398 g/mol. The molecule has 1 aliphatic rings. The third-order valence-electron chi connectivity index (χ3n) is 5.08. The van der Waals surface area contributed by atoms with Crippen LogP contribution in [0.25, 0.3) is 6.08 Å². The normalized spacial score (nSPS) is 16.3. The lowest BCUT2D eigenvalue weighted by Crippen LogP contribution is -2.44. The molecule has 1 fully saturated rings. The molecular weight excluding hydrogens is 371 g/mol. The van der Waals surface area contributed by atoms with E-state index in [4.69, 9.17) is 9.47 Å². The number of morpholine rings is 1. The van der Waals surface area contributed by atoms with E-state index in [9.17, 15) is 9.18 Å². The zero-order valence-corrected chi connectivity index (χ0v) is 16.9. The number of halogens is 1. The molecule has 1 unspecified atom stereocenters. The van der Waals surface area contributed by atoms with Crippen molar-refractivity contribution in [3.05, 3.63) is 71.0 Å². The van der Waals surface area contributed by atoms with Crippen LogP contribution in [-0.2, 0) is 9.53 Å². The number of methoxy groups -OCH3 is 1. The van der Waals surface area contributed by atoms with Gasteiger partial charge in [-0.1, -0.05) is 36.4 Å². The van der Waals surface area contributed by atoms with Gasteiger partial charge in [-0.15, -0.1) is 0 Å². The van der Waals surface area contributed by atoms with Gasteiger partial charge in [0.1, 0.15) is 11.6 Å². The van der Waals surface area contributed by atoms with Crippen molar-refractivity contribution < 1.29 is 18.7 Å². The highest BCUT2D eigenvalue weighted by Crippen LogP contribution is 2.29. The van der Waals surface area contributed by atoms with Crippen LogP contribution in [0.1, 0.15) is 24.1 Å². The summed E-state index contributed by atoms with van der Waals surface area (Å²) in [6.07, 6.45) is 1.57. The van der Waals surface area contributed by atoms with Crippen LogP contribution in [0.2, 0.25) is 0 Å². The highest BCUT2D eigenvalue weighted by molar-refractivity contribution is 5.97. The van der Waals surface area contributed by atoms with Gasteiger partial charge in [0, 0.05) is 36.3 Å². The molecule has 0 radical (unpaired) electrons. The molecule has 1 saturated heterocycles. The first-order valence-electron chi connectivity index (χ1n) is 9.76. The number of carbonyl (C=O) groups is 1. The maximum atomic E-state index is 13.9. The number of ether oxygens (including phenoxy) is 2. The summed E-state index contributed by atoms with van der Waals surface area (Å²) in [5.41, 5.74) is 1.87. The number of nitrogens with zero attached hydrogens (tertiary/aromatic N) is 1. The van der Waals surface area contributed by atoms with Gasteiger partial charge < -0.3 is 14.8 Å². The SMILES string of the molecule is COc1ccccc1C(CNC(=O)/C(C)=C/c1ccccc1F)N1CCOCC1. The Morgan fingerprint density at radius 1 is 1.21 bits per heavy atom. The lowest BCUT2D eigenvalue weighted by atomic mass is 10.0. The monoisotopic (exact) mass is 398 g/mol. The number of rotatable bonds is 7. The molecule has 1 heterocycles. The number of hydrogen-bond acceptors (Lipinski definition) is 4. The van der Waals surface area contributed by atoms with Crippen molar-refractivity contribution in [1.82, 2.24) is 10.2 Å². The number of nitrogens with one attached hydrogen (secondary N) is 1. The lowest BCUT2D eigenvalue weighted by Gasteiger charge is -2.35. The molecule has 0 aliphatic carbocycles. The number of para-hydroxylation sites is 1. The highest BCUT2D eigenvalue weighted by Gasteiger charge is 2.25. The largest absolute Gasteiger partial charge is 0.496 e. The molecule has 1 atom stereocenters. The standard InChI is InChI=1S/C23H27FN2O3/c1-17(15-18-7-3-5-9-20(18)24)23(27)25-16-21(26-11-13-29-14-12-26)19-8-4-6-10-22(19)28-2/h3-10,15,21H,11-14,16H2,1-2H3,(H,25,27)/b17-15+. The summed E-state index contributed by atoms with van der Waals surface area (Å²) in [6, 6.07) is 14.2. The third kappa shape index (κ3) is 5.43. The minimum absolute atomic E-state index is 0.0414. The van der Waals surface area contributed by atoms with E-state index in [-0.39, 0.29) is 17.8 Å². The van der Waals surface area contributed by atoms with Gasteiger partial charge in [-0.25, -0.2) is 4.39 Å². The van der Waals surface area contributed by atoms with Gasteiger partial charge in [0.05, 0.1) is 26.4 Å². The van der Waals surface area contributed by atoms with E-state index in [1.165, 1.54) is 6.07 Å². The van der Waals surface area contributed by atoms with Gasteiger partial charge in [0.25, 0.3) is 0 Å². The van der Waals surface area contributed by atoms with Gasteiger partial charge in [-0.3, -0.25) is 9.69 Å². The maximum Gasteiger partial charge on any atom is 0.247 e. The molecule has 6 heteroatoms. The Balaban J connectivity index is 1.75. The van der Waals surface area contributed by atoms with Gasteiger partial charge >= 0.3 is 0 Å². The van der Waals surface area contributed by atoms with Crippen LogP contribution in [0.5, 0.6) is 5.75 Å². The molecule has 0 aromatic heterocycles. The lowest BCUT2D eigenvalue weighted by molar-refractivity contribution is -0.117. The van der Waals surface area contributed by atoms with Crippen molar-refractivity contribution in [1.29, 1.82) is 0 Å². The molecule has 1 N–H and O–H groups in total. The second-order valence-corrected chi connectivity index (χ2v) is 6.96. The van der Waals surface area contributed by atoms with E-state index in [1.54, 1.807) is 38.3 Å². The minimum Gasteiger partial charge on any atom is -0.496 e. The zero-order chi connectivity index (χ0) is 20.6. The molecule has 2 aromatic carbocycles. The Bertz CT molecular complexity index is 863. The summed E-state index contributed by atoms with van der Waals surface area (Å²) in [6.45, 7) is 4.99. The van der Waals surface area contributed by atoms with Crippen molar-refractivity contribution in [2.75, 3.05) is 40.0 Å². The summed E-state index contributed by atoms with van der Waals surface area (Å²) >= 11 is 0. The van der Waals surface area contributed by atoms with E-state index < -0.39 is 0 Å². The van der Waals surface area contributed by atoms with Crippen LogP contribution in [-0.4, -0.2) is 50.8 Å². The third-order valence-corrected chi connectivity index (χ3v) is 5.08. The Labute approximate surface area is 171 Å². The quantitative estimate of drug-likeness (QED) is 0.726. The molecule has 29 heavy (non-hydrogen) atoms. The van der Waals surface area contributed by atoms with E-state index in [2.05, 4.69) is 10.2 Å². The summed E-state index contributed by atoms with van der Waals surface area (Å²) in [5.74, 6) is 0.220. The Morgan fingerprint density at radius 3 is 2.62 bits per heavy atom. The van der Waals surface area contributed by atoms with E-state index in [0.717, 1.165) is 24.4 Å². The highest BCUT2D eigenvalue weighted by atomic mass is 19.1. The second-order valence-electron chi connectivity index (χ2n) is 6.96. The fourth-order valence-corrected chi connectivity index (χ4v) is 3.49. The topological polar surface area (TPSA) is 50.8 Å². The molecule has 0 saturated carbocycles. The minimum atomic E-state index is -0.347. The van der Waals surface area contributed by atoms with Crippen molar-refractivity contribution in [3.8, 4) is 5.75 Å². The molecule has 0 spiro atoms. The van der Waals surface area contributed by atoms with Crippen molar-refractivity contribution in [2.45, 2.75) is 13.0 Å². The fourth-order valence-electron chi connectivity index (χ4n) is 3.49. The van der Waals surface area contributed by atoms with Gasteiger partial charge in [-0.2, -0.15) is 0 Å². The first-order valence-corrected chi connectivity index (χ1v) is 9.76. The molecule has 0 bridgehead atoms. The van der Waals surface area contributed by atoms with Crippen LogP contribution in [0.3, 0.4) is 0 Å². The molecule has 2 aromatic rings. The van der Waals surface area contributed by atoms with Gasteiger partial charge in [0.15, 0.2) is 0 Å². The van der Waals surface area contributed by atoms with Crippen molar-refractivity contribution >= 4 is 12.0 Å². The Hall–Kier alpha value is -2.70. The zero-order valence-electron chi connectivity index (χ0n) is 16.9. The number of amides is 1. The van der Waals surface area contributed by atoms with Crippen LogP contribution in [0.15, 0.2) is 54.1 Å². The van der Waals surface area contributed by atoms with Crippen molar-refractivity contribution in [2.24, 2.45) is 0 Å². The van der Waals surface area contributed by atoms with E-state index in [0.29, 0.717) is 30.9 Å². The molecule has 154 valence electrons. The predicted octanol–water partition coefficient (Wildman–Crippen LogP) is 3.43. The average Bonchev–Trinajstić information content (AvgIpc) is 2.76. The summed E-state index contributed by atoms with van der Waals surface area (Å²) < 4.78 is 24.9. The molecule has 5 nitrogen and oxygen atoms in total. The van der Waals surface area contributed by atoms with E-state index in [1.807, 2.05) is 24.3 Å². The Kier molecular flexibility index (Phi) is 7.38. The molecule has 1 aliphatic heterocycles. The van der Waals surface area contributed by atoms with E-state index >= 15 is 0 Å². The van der Waals surface area contributed by atoms with Crippen LogP contribution < -0.4 is 10.1 Å². The van der Waals surface area contributed by atoms with Crippen LogP contribution >= 0.6 is 0 Å². The first kappa shape index (κ1) is 21.0. The predicted molar refractivity (Wildman–Crippen MR) is 111 cm³/mol. The summed E-state index contributed by atoms with van der Waals surface area (Å²) in [7, 11) is 1.65. The Morgan fingerprint density at radius 2 is 1.90 bits per heavy atom. The number of hydrogen-bond donors (Lipinski definition) is 1. The number of carbonyl (C=O) groups excluding carboxylic acids is 1. The molecule has 1 amide bonds. The maximum absolute atomic E-state index is 13.9. The van der Waals surface area contributed by atoms with Crippen molar-refractivity contribution in [3.63, 3.8) is 0 Å². The molecule has 3 rings (SSSR count). The first-order chi connectivity index (χ1) is 14.1. The second kappa shape index (κ2) is 10.2. The fraction of sp³-hybridized carbons (Fsp3) is 0.348. The van der Waals surface area contributed by atoms with Gasteiger partial charge in [0.2, 0.25) is 5.91 Å². The summed E-state index contributed by atoms with van der Waals surface area (Å²) in [5, 5.41) is 3.00. The van der Waals surface area contributed by atoms with Crippen LogP contribution in [0, 0.1) is 5.82 Å². The van der Waals surface area contributed by atoms with Gasteiger partial charge in [-0.05, 0) is 25.1 Å². The summed E-state index contributed by atoms with van der Waals surface area (Å²) in [4.78, 5) is 14.9. The smallest absolute Gasteiger partial charge is 0.247 e. The molecular formula is C23H27FN2O3. The van der Waals surface area contributed by atoms with Crippen LogP contribution in [0.4, 0.5) is 4.39 Å². The number of benzene rings is 2.